The van der Waals surface area contributed by atoms with Crippen molar-refractivity contribution in [3.05, 3.63) is 58.1 Å². The van der Waals surface area contributed by atoms with Crippen LogP contribution in [0.4, 0.5) is 5.69 Å². The molecule has 0 atom stereocenters. The van der Waals surface area contributed by atoms with Gasteiger partial charge < -0.3 is 10.1 Å². The van der Waals surface area contributed by atoms with Gasteiger partial charge in [-0.1, -0.05) is 36.5 Å². The van der Waals surface area contributed by atoms with Crippen molar-refractivity contribution >= 4 is 44.8 Å². The average molecular weight is 459 g/mol. The number of carbonyl (C=O) groups excluding carboxylic acids is 1. The third kappa shape index (κ3) is 7.51. The molecule has 2 aromatic carbocycles. The Labute approximate surface area is 181 Å². The zero-order valence-corrected chi connectivity index (χ0v) is 18.4. The molecule has 6 nitrogen and oxygen atoms in total. The first kappa shape index (κ1) is 23.5. The summed E-state index contributed by atoms with van der Waals surface area (Å²) in [7, 11) is -3.91. The molecule has 0 saturated carbocycles. The lowest BCUT2D eigenvalue weighted by molar-refractivity contribution is 0.0940. The zero-order valence-electron chi connectivity index (χ0n) is 16.1. The van der Waals surface area contributed by atoms with Crippen LogP contribution in [0.2, 0.25) is 10.0 Å². The summed E-state index contributed by atoms with van der Waals surface area (Å²) in [6, 6.07) is 10.3. The van der Waals surface area contributed by atoms with Gasteiger partial charge in [0, 0.05) is 36.0 Å². The van der Waals surface area contributed by atoms with E-state index in [1.54, 1.807) is 12.1 Å². The fraction of sp³-hybridized carbons (Fsp3) is 0.350. The minimum atomic E-state index is -3.91. The van der Waals surface area contributed by atoms with E-state index < -0.39 is 10.0 Å². The molecule has 2 aromatic rings. The Morgan fingerprint density at radius 3 is 2.41 bits per heavy atom. The smallest absolute Gasteiger partial charge is 0.263 e. The van der Waals surface area contributed by atoms with Gasteiger partial charge in [-0.25, -0.2) is 8.42 Å². The van der Waals surface area contributed by atoms with E-state index in [4.69, 9.17) is 27.9 Å². The van der Waals surface area contributed by atoms with E-state index >= 15 is 0 Å². The lowest BCUT2D eigenvalue weighted by atomic mass is 10.2. The van der Waals surface area contributed by atoms with Crippen molar-refractivity contribution in [1.29, 1.82) is 0 Å². The van der Waals surface area contributed by atoms with Gasteiger partial charge in [-0.3, -0.25) is 9.52 Å². The van der Waals surface area contributed by atoms with E-state index in [2.05, 4.69) is 17.0 Å². The fourth-order valence-corrected chi connectivity index (χ4v) is 4.23. The first-order valence-corrected chi connectivity index (χ1v) is 11.5. The number of hydrogen-bond acceptors (Lipinski definition) is 4. The van der Waals surface area contributed by atoms with E-state index in [0.717, 1.165) is 25.9 Å². The fourth-order valence-electron chi connectivity index (χ4n) is 2.41. The van der Waals surface area contributed by atoms with E-state index in [9.17, 15) is 13.2 Å². The molecule has 158 valence electrons. The topological polar surface area (TPSA) is 84.5 Å². The number of hydrogen-bond donors (Lipinski definition) is 2. The summed E-state index contributed by atoms with van der Waals surface area (Å²) in [6.45, 7) is 3.95. The second kappa shape index (κ2) is 11.4. The monoisotopic (exact) mass is 458 g/mol. The molecule has 2 N–H and O–H groups in total. The number of ether oxygens (including phenoxy) is 1. The number of rotatable bonds is 11. The maximum atomic E-state index is 12.5. The van der Waals surface area contributed by atoms with Gasteiger partial charge >= 0.3 is 0 Å². The summed E-state index contributed by atoms with van der Waals surface area (Å²) < 4.78 is 32.9. The molecule has 1 amide bonds. The molecule has 0 spiro atoms. The molecule has 9 heteroatoms. The molecule has 0 heterocycles. The molecule has 2 rings (SSSR count). The summed E-state index contributed by atoms with van der Waals surface area (Å²) in [5, 5.41) is 3.14. The molecule has 29 heavy (non-hydrogen) atoms. The predicted octanol–water partition coefficient (Wildman–Crippen LogP) is 4.73. The number of carbonyl (C=O) groups is 1. The highest BCUT2D eigenvalue weighted by Crippen LogP contribution is 2.26. The molecule has 0 aliphatic heterocycles. The molecular formula is C20H24Cl2N2O4S. The summed E-state index contributed by atoms with van der Waals surface area (Å²) in [4.78, 5) is 12.0. The van der Waals surface area contributed by atoms with Crippen LogP contribution in [-0.4, -0.2) is 34.1 Å². The Morgan fingerprint density at radius 2 is 1.72 bits per heavy atom. The second-order valence-electron chi connectivity index (χ2n) is 6.33. The number of unbranched alkanes of at least 4 members (excludes halogenated alkanes) is 1. The number of sulfonamides is 1. The minimum Gasteiger partial charge on any atom is -0.381 e. The molecule has 0 aromatic heterocycles. The third-order valence-electron chi connectivity index (χ3n) is 3.98. The SMILES string of the molecule is CCCCOCCCNC(=O)c1ccc(NS(=O)(=O)c2cc(Cl)ccc2Cl)cc1. The molecule has 0 fully saturated rings. The first-order chi connectivity index (χ1) is 13.8. The van der Waals surface area contributed by atoms with Gasteiger partial charge in [0.1, 0.15) is 4.90 Å². The quantitative estimate of drug-likeness (QED) is 0.476. The Kier molecular flexibility index (Phi) is 9.23. The van der Waals surface area contributed by atoms with Crippen LogP contribution in [0, 0.1) is 0 Å². The maximum Gasteiger partial charge on any atom is 0.263 e. The molecule has 0 radical (unpaired) electrons. The summed E-state index contributed by atoms with van der Waals surface area (Å²) in [6.07, 6.45) is 2.86. The van der Waals surface area contributed by atoms with Gasteiger partial charge in [0.25, 0.3) is 15.9 Å². The number of amides is 1. The van der Waals surface area contributed by atoms with E-state index in [1.165, 1.54) is 30.3 Å². The highest BCUT2D eigenvalue weighted by Gasteiger charge is 2.18. The highest BCUT2D eigenvalue weighted by atomic mass is 35.5. The van der Waals surface area contributed by atoms with Crippen molar-refractivity contribution in [3.8, 4) is 0 Å². The van der Waals surface area contributed by atoms with Gasteiger partial charge in [-0.15, -0.1) is 0 Å². The standard InChI is InChI=1S/C20H24Cl2N2O4S/c1-2-3-12-28-13-4-11-23-20(25)15-5-8-17(9-6-15)24-29(26,27)19-14-16(21)7-10-18(19)22/h5-10,14,24H,2-4,11-13H2,1H3,(H,23,25). The minimum absolute atomic E-state index is 0.0663. The summed E-state index contributed by atoms with van der Waals surface area (Å²) >= 11 is 11.8. The molecule has 0 aliphatic carbocycles. The zero-order chi connectivity index (χ0) is 21.3. The third-order valence-corrected chi connectivity index (χ3v) is 6.07. The van der Waals surface area contributed by atoms with Gasteiger partial charge in [-0.05, 0) is 55.3 Å². The van der Waals surface area contributed by atoms with Crippen molar-refractivity contribution in [2.75, 3.05) is 24.5 Å². The number of nitrogens with one attached hydrogen (secondary N) is 2. The first-order valence-electron chi connectivity index (χ1n) is 9.27. The van der Waals surface area contributed by atoms with E-state index in [1.807, 2.05) is 0 Å². The van der Waals surface area contributed by atoms with Crippen LogP contribution in [0.3, 0.4) is 0 Å². The van der Waals surface area contributed by atoms with Gasteiger partial charge in [0.15, 0.2) is 0 Å². The lowest BCUT2D eigenvalue weighted by Crippen LogP contribution is -2.25. The van der Waals surface area contributed by atoms with Gasteiger partial charge in [0.2, 0.25) is 0 Å². The lowest BCUT2D eigenvalue weighted by Gasteiger charge is -2.11. The van der Waals surface area contributed by atoms with Crippen LogP contribution in [0.15, 0.2) is 47.4 Å². The molecule has 0 bridgehead atoms. The largest absolute Gasteiger partial charge is 0.381 e. The highest BCUT2D eigenvalue weighted by molar-refractivity contribution is 7.92. The summed E-state index contributed by atoms with van der Waals surface area (Å²) in [5.74, 6) is -0.231. The van der Waals surface area contributed by atoms with E-state index in [-0.39, 0.29) is 20.8 Å². The van der Waals surface area contributed by atoms with Crippen molar-refractivity contribution < 1.29 is 17.9 Å². The van der Waals surface area contributed by atoms with Crippen LogP contribution in [0.5, 0.6) is 0 Å². The Bertz CT molecular complexity index is 919. The van der Waals surface area contributed by atoms with Crippen molar-refractivity contribution in [2.45, 2.75) is 31.1 Å². The Balaban J connectivity index is 1.89. The maximum absolute atomic E-state index is 12.5. The van der Waals surface area contributed by atoms with Crippen LogP contribution in [0.25, 0.3) is 0 Å². The van der Waals surface area contributed by atoms with Crippen molar-refractivity contribution in [3.63, 3.8) is 0 Å². The molecule has 0 saturated heterocycles. The molecular weight excluding hydrogens is 435 g/mol. The average Bonchev–Trinajstić information content (AvgIpc) is 2.69. The van der Waals surface area contributed by atoms with Gasteiger partial charge in [-0.2, -0.15) is 0 Å². The van der Waals surface area contributed by atoms with Crippen LogP contribution < -0.4 is 10.0 Å². The number of halogens is 2. The summed E-state index contributed by atoms with van der Waals surface area (Å²) in [5.41, 5.74) is 0.738. The normalized spacial score (nSPS) is 11.3. The van der Waals surface area contributed by atoms with E-state index in [0.29, 0.717) is 24.4 Å². The van der Waals surface area contributed by atoms with Crippen molar-refractivity contribution in [2.24, 2.45) is 0 Å². The Morgan fingerprint density at radius 1 is 1.03 bits per heavy atom. The Hall–Kier alpha value is -1.80. The number of anilines is 1. The van der Waals surface area contributed by atoms with Crippen LogP contribution in [0.1, 0.15) is 36.5 Å². The van der Waals surface area contributed by atoms with Crippen LogP contribution >= 0.6 is 23.2 Å². The van der Waals surface area contributed by atoms with Crippen molar-refractivity contribution in [1.82, 2.24) is 5.32 Å². The molecule has 0 unspecified atom stereocenters. The van der Waals surface area contributed by atoms with Crippen LogP contribution in [-0.2, 0) is 14.8 Å². The number of benzene rings is 2. The second-order valence-corrected chi connectivity index (χ2v) is 8.83. The predicted molar refractivity (Wildman–Crippen MR) is 116 cm³/mol. The van der Waals surface area contributed by atoms with Gasteiger partial charge in [0.05, 0.1) is 5.02 Å². The molecule has 0 aliphatic rings.